The maximum Gasteiger partial charge on any atom is 0.177 e. The van der Waals surface area contributed by atoms with Crippen LogP contribution in [0.15, 0.2) is 36.4 Å². The van der Waals surface area contributed by atoms with Crippen LogP contribution in [0.3, 0.4) is 0 Å². The highest BCUT2D eigenvalue weighted by Gasteiger charge is 2.22. The third-order valence-electron chi connectivity index (χ3n) is 3.63. The van der Waals surface area contributed by atoms with Crippen molar-refractivity contribution in [1.29, 1.82) is 0 Å². The van der Waals surface area contributed by atoms with E-state index in [0.717, 1.165) is 5.56 Å². The molecule has 1 saturated carbocycles. The first-order valence-electron chi connectivity index (χ1n) is 6.84. The average molecular weight is 305 g/mol. The van der Waals surface area contributed by atoms with Crippen LogP contribution in [0.25, 0.3) is 0 Å². The fraction of sp³-hybridized carbons (Fsp3) is 0.235. The van der Waals surface area contributed by atoms with Crippen molar-refractivity contribution in [2.24, 2.45) is 0 Å². The van der Waals surface area contributed by atoms with Crippen molar-refractivity contribution in [2.45, 2.75) is 25.4 Å². The molecule has 1 fully saturated rings. The largest absolute Gasteiger partial charge is 0.486 e. The van der Waals surface area contributed by atoms with Crippen LogP contribution < -0.4 is 4.74 Å². The molecule has 0 aliphatic heterocycles. The summed E-state index contributed by atoms with van der Waals surface area (Å²) in [5, 5.41) is 0.0867. The van der Waals surface area contributed by atoms with Gasteiger partial charge in [-0.3, -0.25) is 4.79 Å². The molecule has 0 saturated heterocycles. The molecule has 3 rings (SSSR count). The van der Waals surface area contributed by atoms with Gasteiger partial charge in [0.05, 0.1) is 10.6 Å². The normalized spacial score (nSPS) is 14.0. The lowest BCUT2D eigenvalue weighted by Gasteiger charge is -2.09. The van der Waals surface area contributed by atoms with Gasteiger partial charge in [-0.05, 0) is 42.0 Å². The summed E-state index contributed by atoms with van der Waals surface area (Å²) in [7, 11) is 0. The van der Waals surface area contributed by atoms with Crippen molar-refractivity contribution in [3.05, 3.63) is 63.9 Å². The quantitative estimate of drug-likeness (QED) is 0.745. The van der Waals surface area contributed by atoms with Crippen LogP contribution in [0.4, 0.5) is 4.39 Å². The lowest BCUT2D eigenvalue weighted by Crippen LogP contribution is -2.00. The number of hydrogen-bond acceptors (Lipinski definition) is 2. The maximum absolute atomic E-state index is 14.0. The Morgan fingerprint density at radius 1 is 1.19 bits per heavy atom. The van der Waals surface area contributed by atoms with Gasteiger partial charge in [0.2, 0.25) is 0 Å². The molecule has 0 heterocycles. The zero-order valence-corrected chi connectivity index (χ0v) is 12.1. The number of benzene rings is 2. The van der Waals surface area contributed by atoms with Gasteiger partial charge in [-0.25, -0.2) is 4.39 Å². The summed E-state index contributed by atoms with van der Waals surface area (Å²) in [6.45, 7) is 0.252. The molecule has 0 bridgehead atoms. The molecule has 0 aromatic heterocycles. The molecule has 21 heavy (non-hydrogen) atoms. The Morgan fingerprint density at radius 3 is 2.52 bits per heavy atom. The van der Waals surface area contributed by atoms with Crippen LogP contribution in [0, 0.1) is 5.82 Å². The monoisotopic (exact) mass is 304 g/mol. The molecule has 1 aliphatic rings. The van der Waals surface area contributed by atoms with Gasteiger partial charge in [-0.15, -0.1) is 0 Å². The number of carbonyl (C=O) groups is 1. The van der Waals surface area contributed by atoms with E-state index in [1.165, 1.54) is 30.5 Å². The number of ether oxygens (including phenoxy) is 1. The highest BCUT2D eigenvalue weighted by atomic mass is 35.5. The minimum absolute atomic E-state index is 0.0350. The first kappa shape index (κ1) is 14.1. The Bertz CT molecular complexity index is 663. The maximum atomic E-state index is 14.0. The Hall–Kier alpha value is -1.87. The summed E-state index contributed by atoms with van der Waals surface area (Å²) >= 11 is 5.74. The molecule has 2 nitrogen and oxygen atoms in total. The first-order valence-corrected chi connectivity index (χ1v) is 7.21. The number of hydrogen-bond donors (Lipinski definition) is 0. The SMILES string of the molecule is O=Cc1c(Cl)ccc(OCc2ccc(C3CC3)cc2)c1F. The highest BCUT2D eigenvalue weighted by Crippen LogP contribution is 2.39. The summed E-state index contributed by atoms with van der Waals surface area (Å²) in [6, 6.07) is 11.0. The van der Waals surface area contributed by atoms with Crippen LogP contribution in [0.2, 0.25) is 5.02 Å². The van der Waals surface area contributed by atoms with Gasteiger partial charge in [-0.1, -0.05) is 35.9 Å². The van der Waals surface area contributed by atoms with E-state index in [1.54, 1.807) is 0 Å². The Morgan fingerprint density at radius 2 is 1.90 bits per heavy atom. The summed E-state index contributed by atoms with van der Waals surface area (Å²) in [5.41, 5.74) is 2.14. The standard InChI is InChI=1S/C17H14ClFO2/c18-15-7-8-16(17(19)14(15)9-20)21-10-11-1-3-12(4-2-11)13-5-6-13/h1-4,7-9,13H,5-6,10H2. The lowest BCUT2D eigenvalue weighted by molar-refractivity contribution is 0.111. The molecule has 2 aromatic rings. The van der Waals surface area contributed by atoms with E-state index in [0.29, 0.717) is 12.2 Å². The lowest BCUT2D eigenvalue weighted by atomic mass is 10.1. The Labute approximate surface area is 127 Å². The molecular weight excluding hydrogens is 291 g/mol. The minimum atomic E-state index is -0.716. The Kier molecular flexibility index (Phi) is 3.93. The van der Waals surface area contributed by atoms with Gasteiger partial charge in [0.15, 0.2) is 17.9 Å². The molecule has 108 valence electrons. The van der Waals surface area contributed by atoms with Gasteiger partial charge >= 0.3 is 0 Å². The predicted octanol–water partition coefficient (Wildman–Crippen LogP) is 4.75. The van der Waals surface area contributed by atoms with E-state index in [4.69, 9.17) is 16.3 Å². The fourth-order valence-electron chi connectivity index (χ4n) is 2.23. The third kappa shape index (κ3) is 3.08. The van der Waals surface area contributed by atoms with Crippen molar-refractivity contribution >= 4 is 17.9 Å². The topological polar surface area (TPSA) is 26.3 Å². The van der Waals surface area contributed by atoms with E-state index in [9.17, 15) is 9.18 Å². The fourth-order valence-corrected chi connectivity index (χ4v) is 2.42. The molecule has 0 N–H and O–H groups in total. The molecular formula is C17H14ClFO2. The molecule has 2 aromatic carbocycles. The highest BCUT2D eigenvalue weighted by molar-refractivity contribution is 6.33. The summed E-state index contributed by atoms with van der Waals surface area (Å²) < 4.78 is 19.4. The summed E-state index contributed by atoms with van der Waals surface area (Å²) in [5.74, 6) is 0.0312. The molecule has 0 amide bonds. The number of rotatable bonds is 5. The number of carbonyl (C=O) groups excluding carboxylic acids is 1. The van der Waals surface area contributed by atoms with Crippen LogP contribution in [0.1, 0.15) is 40.2 Å². The second-order valence-electron chi connectivity index (χ2n) is 5.20. The van der Waals surface area contributed by atoms with Gasteiger partial charge in [0, 0.05) is 0 Å². The first-order chi connectivity index (χ1) is 10.2. The molecule has 0 spiro atoms. The van der Waals surface area contributed by atoms with E-state index >= 15 is 0 Å². The summed E-state index contributed by atoms with van der Waals surface area (Å²) in [6.07, 6.45) is 2.93. The molecule has 4 heteroatoms. The van der Waals surface area contributed by atoms with E-state index in [-0.39, 0.29) is 22.9 Å². The Balaban J connectivity index is 1.70. The number of halogens is 2. The van der Waals surface area contributed by atoms with Crippen molar-refractivity contribution in [1.82, 2.24) is 0 Å². The van der Waals surface area contributed by atoms with E-state index in [1.807, 2.05) is 12.1 Å². The van der Waals surface area contributed by atoms with Crippen LogP contribution in [-0.4, -0.2) is 6.29 Å². The van der Waals surface area contributed by atoms with E-state index < -0.39 is 5.82 Å². The number of aldehydes is 1. The van der Waals surface area contributed by atoms with Crippen molar-refractivity contribution in [2.75, 3.05) is 0 Å². The molecule has 1 aliphatic carbocycles. The zero-order chi connectivity index (χ0) is 14.8. The van der Waals surface area contributed by atoms with E-state index in [2.05, 4.69) is 12.1 Å². The van der Waals surface area contributed by atoms with Crippen molar-refractivity contribution < 1.29 is 13.9 Å². The predicted molar refractivity (Wildman–Crippen MR) is 79.5 cm³/mol. The second kappa shape index (κ2) is 5.86. The molecule has 0 atom stereocenters. The van der Waals surface area contributed by atoms with Crippen LogP contribution in [0.5, 0.6) is 5.75 Å². The zero-order valence-electron chi connectivity index (χ0n) is 11.3. The van der Waals surface area contributed by atoms with Crippen molar-refractivity contribution in [3.63, 3.8) is 0 Å². The van der Waals surface area contributed by atoms with Crippen LogP contribution in [-0.2, 0) is 6.61 Å². The van der Waals surface area contributed by atoms with Crippen molar-refractivity contribution in [3.8, 4) is 5.75 Å². The van der Waals surface area contributed by atoms with Gasteiger partial charge < -0.3 is 4.74 Å². The smallest absolute Gasteiger partial charge is 0.177 e. The molecule has 0 unspecified atom stereocenters. The summed E-state index contributed by atoms with van der Waals surface area (Å²) in [4.78, 5) is 10.8. The minimum Gasteiger partial charge on any atom is -0.486 e. The second-order valence-corrected chi connectivity index (χ2v) is 5.60. The van der Waals surface area contributed by atoms with Gasteiger partial charge in [0.1, 0.15) is 6.61 Å². The van der Waals surface area contributed by atoms with Gasteiger partial charge in [0.25, 0.3) is 0 Å². The van der Waals surface area contributed by atoms with Crippen LogP contribution >= 0.6 is 11.6 Å². The average Bonchev–Trinajstić information content (AvgIpc) is 3.32. The third-order valence-corrected chi connectivity index (χ3v) is 3.96. The van der Waals surface area contributed by atoms with Gasteiger partial charge in [-0.2, -0.15) is 0 Å². The molecule has 0 radical (unpaired) electrons.